The molecule has 1 saturated carbocycles. The van der Waals surface area contributed by atoms with Crippen LogP contribution in [0.2, 0.25) is 0 Å². The molecule has 0 amide bonds. The predicted octanol–water partition coefficient (Wildman–Crippen LogP) is 2.99. The molecule has 1 aliphatic rings. The fourth-order valence-electron chi connectivity index (χ4n) is 2.01. The van der Waals surface area contributed by atoms with Crippen LogP contribution < -0.4 is 10.1 Å². The molecule has 1 aromatic carbocycles. The molecule has 1 aliphatic carbocycles. The molecule has 94 valence electrons. The molecule has 0 atom stereocenters. The maximum atomic E-state index is 5.84. The van der Waals surface area contributed by atoms with Crippen molar-refractivity contribution in [2.75, 3.05) is 19.7 Å². The summed E-state index contributed by atoms with van der Waals surface area (Å²) in [6.45, 7) is 9.25. The Morgan fingerprint density at radius 1 is 1.24 bits per heavy atom. The quantitative estimate of drug-likeness (QED) is 0.763. The average Bonchev–Trinajstić information content (AvgIpc) is 3.08. The van der Waals surface area contributed by atoms with Crippen LogP contribution in [0, 0.1) is 26.7 Å². The van der Waals surface area contributed by atoms with Crippen LogP contribution in [0.1, 0.15) is 29.5 Å². The summed E-state index contributed by atoms with van der Waals surface area (Å²) in [6.07, 6.45) is 2.81. The lowest BCUT2D eigenvalue weighted by molar-refractivity contribution is 0.311. The van der Waals surface area contributed by atoms with Crippen molar-refractivity contribution in [1.82, 2.24) is 5.32 Å². The van der Waals surface area contributed by atoms with Crippen LogP contribution in [0.5, 0.6) is 5.75 Å². The molecule has 1 N–H and O–H groups in total. The van der Waals surface area contributed by atoms with Gasteiger partial charge in [-0.2, -0.15) is 0 Å². The summed E-state index contributed by atoms with van der Waals surface area (Å²) in [5.41, 5.74) is 3.85. The maximum Gasteiger partial charge on any atom is 0.122 e. The van der Waals surface area contributed by atoms with Crippen molar-refractivity contribution < 1.29 is 4.74 Å². The highest BCUT2D eigenvalue weighted by Crippen LogP contribution is 2.27. The molecule has 1 aromatic rings. The summed E-state index contributed by atoms with van der Waals surface area (Å²) in [4.78, 5) is 0. The molecule has 0 bridgehead atoms. The van der Waals surface area contributed by atoms with Crippen LogP contribution in [-0.4, -0.2) is 19.7 Å². The van der Waals surface area contributed by atoms with Crippen molar-refractivity contribution in [3.8, 4) is 5.75 Å². The largest absolute Gasteiger partial charge is 0.492 e. The third kappa shape index (κ3) is 3.74. The van der Waals surface area contributed by atoms with Crippen LogP contribution in [-0.2, 0) is 0 Å². The van der Waals surface area contributed by atoms with Gasteiger partial charge in [0, 0.05) is 6.54 Å². The average molecular weight is 233 g/mol. The van der Waals surface area contributed by atoms with Gasteiger partial charge in [0.2, 0.25) is 0 Å². The zero-order valence-corrected chi connectivity index (χ0v) is 11.2. The standard InChI is InChI=1S/C15H23NO/c1-11-8-12(2)13(3)15(9-11)17-7-6-16-10-14-4-5-14/h8-9,14,16H,4-7,10H2,1-3H3. The molecule has 2 heteroatoms. The van der Waals surface area contributed by atoms with Gasteiger partial charge in [-0.1, -0.05) is 6.07 Å². The number of ether oxygens (including phenoxy) is 1. The lowest BCUT2D eigenvalue weighted by atomic mass is 10.1. The van der Waals surface area contributed by atoms with E-state index in [1.54, 1.807) is 0 Å². The van der Waals surface area contributed by atoms with Gasteiger partial charge in [-0.3, -0.25) is 0 Å². The Morgan fingerprint density at radius 2 is 2.00 bits per heavy atom. The lowest BCUT2D eigenvalue weighted by Crippen LogP contribution is -2.23. The second kappa shape index (κ2) is 5.54. The van der Waals surface area contributed by atoms with E-state index in [1.165, 1.54) is 29.5 Å². The molecule has 2 nitrogen and oxygen atoms in total. The van der Waals surface area contributed by atoms with Crippen LogP contribution in [0.3, 0.4) is 0 Å². The van der Waals surface area contributed by atoms with Crippen LogP contribution in [0.25, 0.3) is 0 Å². The number of hydrogen-bond acceptors (Lipinski definition) is 2. The second-order valence-electron chi connectivity index (χ2n) is 5.20. The van der Waals surface area contributed by atoms with Gasteiger partial charge in [0.25, 0.3) is 0 Å². The molecule has 0 heterocycles. The van der Waals surface area contributed by atoms with Gasteiger partial charge in [0.15, 0.2) is 0 Å². The first-order valence-electron chi connectivity index (χ1n) is 6.58. The smallest absolute Gasteiger partial charge is 0.122 e. The van der Waals surface area contributed by atoms with E-state index < -0.39 is 0 Å². The number of hydrogen-bond donors (Lipinski definition) is 1. The summed E-state index contributed by atoms with van der Waals surface area (Å²) in [6, 6.07) is 4.33. The van der Waals surface area contributed by atoms with Crippen LogP contribution in [0.15, 0.2) is 12.1 Å². The van der Waals surface area contributed by atoms with E-state index in [0.29, 0.717) is 0 Å². The third-order valence-corrected chi connectivity index (χ3v) is 3.43. The van der Waals surface area contributed by atoms with E-state index in [2.05, 4.69) is 38.2 Å². The SMILES string of the molecule is Cc1cc(C)c(C)c(OCCNCC2CC2)c1. The van der Waals surface area contributed by atoms with E-state index in [9.17, 15) is 0 Å². The molecular formula is C15H23NO. The first-order chi connectivity index (χ1) is 8.16. The minimum absolute atomic E-state index is 0.760. The Labute approximate surface area is 104 Å². The van der Waals surface area contributed by atoms with Gasteiger partial charge < -0.3 is 10.1 Å². The van der Waals surface area contributed by atoms with Crippen molar-refractivity contribution in [1.29, 1.82) is 0 Å². The van der Waals surface area contributed by atoms with Crippen molar-refractivity contribution in [2.24, 2.45) is 5.92 Å². The lowest BCUT2D eigenvalue weighted by Gasteiger charge is -2.12. The third-order valence-electron chi connectivity index (χ3n) is 3.43. The molecule has 17 heavy (non-hydrogen) atoms. The summed E-state index contributed by atoms with van der Waals surface area (Å²) in [7, 11) is 0. The first kappa shape index (κ1) is 12.4. The van der Waals surface area contributed by atoms with E-state index >= 15 is 0 Å². The Morgan fingerprint density at radius 3 is 2.71 bits per heavy atom. The fourth-order valence-corrected chi connectivity index (χ4v) is 2.01. The number of aryl methyl sites for hydroxylation is 2. The van der Waals surface area contributed by atoms with Crippen LogP contribution >= 0.6 is 0 Å². The van der Waals surface area contributed by atoms with Gasteiger partial charge >= 0.3 is 0 Å². The van der Waals surface area contributed by atoms with E-state index in [1.807, 2.05) is 0 Å². The van der Waals surface area contributed by atoms with Gasteiger partial charge in [0.1, 0.15) is 12.4 Å². The Kier molecular flexibility index (Phi) is 4.06. The minimum atomic E-state index is 0.760. The molecule has 1 fully saturated rings. The molecular weight excluding hydrogens is 210 g/mol. The summed E-state index contributed by atoms with van der Waals surface area (Å²) in [5, 5.41) is 3.44. The second-order valence-corrected chi connectivity index (χ2v) is 5.20. The highest BCUT2D eigenvalue weighted by atomic mass is 16.5. The highest BCUT2D eigenvalue weighted by molar-refractivity contribution is 5.41. The fraction of sp³-hybridized carbons (Fsp3) is 0.600. The maximum absolute atomic E-state index is 5.84. The van der Waals surface area contributed by atoms with Crippen molar-refractivity contribution in [3.63, 3.8) is 0 Å². The van der Waals surface area contributed by atoms with Gasteiger partial charge in [-0.15, -0.1) is 0 Å². The summed E-state index contributed by atoms with van der Waals surface area (Å²) < 4.78 is 5.84. The Hall–Kier alpha value is -1.02. The normalized spacial score (nSPS) is 15.0. The zero-order chi connectivity index (χ0) is 12.3. The Bertz CT molecular complexity index is 383. The monoisotopic (exact) mass is 233 g/mol. The van der Waals surface area contributed by atoms with Gasteiger partial charge in [-0.05, 0) is 68.8 Å². The minimum Gasteiger partial charge on any atom is -0.492 e. The zero-order valence-electron chi connectivity index (χ0n) is 11.2. The van der Waals surface area contributed by atoms with E-state index in [0.717, 1.165) is 31.4 Å². The Balaban J connectivity index is 1.77. The molecule has 0 saturated heterocycles. The number of nitrogens with one attached hydrogen (secondary N) is 1. The van der Waals surface area contributed by atoms with E-state index in [4.69, 9.17) is 4.74 Å². The first-order valence-corrected chi connectivity index (χ1v) is 6.58. The molecule has 0 aliphatic heterocycles. The van der Waals surface area contributed by atoms with Crippen LogP contribution in [0.4, 0.5) is 0 Å². The predicted molar refractivity (Wildman–Crippen MR) is 71.7 cm³/mol. The molecule has 0 unspecified atom stereocenters. The summed E-state index contributed by atoms with van der Waals surface area (Å²) in [5.74, 6) is 1.98. The van der Waals surface area contributed by atoms with Crippen molar-refractivity contribution in [3.05, 3.63) is 28.8 Å². The topological polar surface area (TPSA) is 21.3 Å². The molecule has 0 aromatic heterocycles. The van der Waals surface area contributed by atoms with Crippen molar-refractivity contribution in [2.45, 2.75) is 33.6 Å². The van der Waals surface area contributed by atoms with Crippen molar-refractivity contribution >= 4 is 0 Å². The number of benzene rings is 1. The highest BCUT2D eigenvalue weighted by Gasteiger charge is 2.19. The van der Waals surface area contributed by atoms with Gasteiger partial charge in [-0.25, -0.2) is 0 Å². The molecule has 0 spiro atoms. The number of rotatable bonds is 6. The van der Waals surface area contributed by atoms with E-state index in [-0.39, 0.29) is 0 Å². The molecule has 0 radical (unpaired) electrons. The molecule has 2 rings (SSSR count). The summed E-state index contributed by atoms with van der Waals surface area (Å²) >= 11 is 0. The van der Waals surface area contributed by atoms with Gasteiger partial charge in [0.05, 0.1) is 0 Å².